The van der Waals surface area contributed by atoms with Crippen molar-refractivity contribution in [3.63, 3.8) is 0 Å². The molecule has 1 aromatic rings. The molecule has 74 valence electrons. The predicted octanol–water partition coefficient (Wildman–Crippen LogP) is -0.0895. The Hall–Kier alpha value is -1.14. The molecule has 0 saturated carbocycles. The Balaban J connectivity index is 2.25. The van der Waals surface area contributed by atoms with E-state index in [4.69, 9.17) is 5.73 Å². The fourth-order valence-corrected chi connectivity index (χ4v) is 2.18. The van der Waals surface area contributed by atoms with Crippen molar-refractivity contribution in [2.24, 2.45) is 5.73 Å². The molecule has 5 nitrogen and oxygen atoms in total. The third-order valence-corrected chi connectivity index (χ3v) is 2.89. The highest BCUT2D eigenvalue weighted by molar-refractivity contribution is 7.99. The summed E-state index contributed by atoms with van der Waals surface area (Å²) in [5, 5.41) is 3.22. The molecule has 1 fully saturated rings. The highest BCUT2D eigenvalue weighted by Gasteiger charge is 2.19. The highest BCUT2D eigenvalue weighted by atomic mass is 32.2. The van der Waals surface area contributed by atoms with Crippen LogP contribution in [0.1, 0.15) is 22.4 Å². The van der Waals surface area contributed by atoms with Crippen molar-refractivity contribution in [3.8, 4) is 0 Å². The molecule has 0 spiro atoms. The number of aromatic nitrogens is 2. The molecule has 0 aliphatic carbocycles. The summed E-state index contributed by atoms with van der Waals surface area (Å²) in [4.78, 5) is 19.1. The average Bonchev–Trinajstić information content (AvgIpc) is 2.71. The Bertz CT molecular complexity index is 351. The van der Waals surface area contributed by atoms with Crippen molar-refractivity contribution in [2.75, 3.05) is 11.6 Å². The second-order valence-electron chi connectivity index (χ2n) is 2.94. The average molecular weight is 210 g/mol. The van der Waals surface area contributed by atoms with Gasteiger partial charge in [-0.1, -0.05) is 0 Å². The lowest BCUT2D eigenvalue weighted by Gasteiger charge is -2.07. The van der Waals surface area contributed by atoms with Crippen LogP contribution in [0.5, 0.6) is 0 Å². The van der Waals surface area contributed by atoms with E-state index in [1.807, 2.05) is 0 Å². The van der Waals surface area contributed by atoms with Gasteiger partial charge in [0.1, 0.15) is 11.5 Å². The topological polar surface area (TPSA) is 80.9 Å². The van der Waals surface area contributed by atoms with E-state index in [1.54, 1.807) is 18.0 Å². The van der Waals surface area contributed by atoms with Crippen molar-refractivity contribution < 1.29 is 4.79 Å². The van der Waals surface area contributed by atoms with E-state index in [0.717, 1.165) is 11.6 Å². The van der Waals surface area contributed by atoms with Crippen molar-refractivity contribution in [3.05, 3.63) is 23.8 Å². The van der Waals surface area contributed by atoms with Gasteiger partial charge in [-0.05, 0) is 6.07 Å². The minimum atomic E-state index is -0.515. The monoisotopic (exact) mass is 210 g/mol. The third kappa shape index (κ3) is 1.85. The maximum atomic E-state index is 10.9. The van der Waals surface area contributed by atoms with Gasteiger partial charge in [-0.3, -0.25) is 10.1 Å². The zero-order valence-corrected chi connectivity index (χ0v) is 8.25. The smallest absolute Gasteiger partial charge is 0.267 e. The van der Waals surface area contributed by atoms with E-state index >= 15 is 0 Å². The summed E-state index contributed by atoms with van der Waals surface area (Å²) in [6.45, 7) is 0. The molecule has 1 unspecified atom stereocenters. The number of carbonyl (C=O) groups excluding carboxylic acids is 1. The number of rotatable bonds is 2. The molecule has 0 bridgehead atoms. The number of primary amides is 1. The molecule has 14 heavy (non-hydrogen) atoms. The molecule has 2 heterocycles. The lowest BCUT2D eigenvalue weighted by Crippen LogP contribution is -2.20. The SMILES string of the molecule is NC(=O)c1ccnc(C2CSCN2)n1. The van der Waals surface area contributed by atoms with Crippen LogP contribution in [0.2, 0.25) is 0 Å². The molecule has 1 amide bonds. The lowest BCUT2D eigenvalue weighted by atomic mass is 10.3. The summed E-state index contributed by atoms with van der Waals surface area (Å²) in [5.41, 5.74) is 5.40. The first-order valence-electron chi connectivity index (χ1n) is 4.21. The second-order valence-corrected chi connectivity index (χ2v) is 3.97. The predicted molar refractivity (Wildman–Crippen MR) is 53.8 cm³/mol. The number of carbonyl (C=O) groups is 1. The Labute approximate surface area is 85.5 Å². The van der Waals surface area contributed by atoms with Crippen LogP contribution in [-0.4, -0.2) is 27.5 Å². The molecule has 0 aromatic carbocycles. The Morgan fingerprint density at radius 3 is 3.21 bits per heavy atom. The van der Waals surface area contributed by atoms with E-state index in [-0.39, 0.29) is 11.7 Å². The third-order valence-electron chi connectivity index (χ3n) is 1.95. The van der Waals surface area contributed by atoms with E-state index in [1.165, 1.54) is 6.07 Å². The van der Waals surface area contributed by atoms with Gasteiger partial charge in [0.05, 0.1) is 6.04 Å². The van der Waals surface area contributed by atoms with Crippen LogP contribution < -0.4 is 11.1 Å². The quantitative estimate of drug-likeness (QED) is 0.713. The van der Waals surface area contributed by atoms with Gasteiger partial charge in [-0.2, -0.15) is 0 Å². The Kier molecular flexibility index (Phi) is 2.64. The van der Waals surface area contributed by atoms with Crippen LogP contribution in [0.3, 0.4) is 0 Å². The molecule has 1 saturated heterocycles. The summed E-state index contributed by atoms with van der Waals surface area (Å²) in [6.07, 6.45) is 1.56. The van der Waals surface area contributed by atoms with Crippen molar-refractivity contribution in [1.82, 2.24) is 15.3 Å². The van der Waals surface area contributed by atoms with E-state index in [0.29, 0.717) is 5.82 Å². The molecule has 3 N–H and O–H groups in total. The maximum Gasteiger partial charge on any atom is 0.267 e. The van der Waals surface area contributed by atoms with Gasteiger partial charge in [-0.25, -0.2) is 9.97 Å². The largest absolute Gasteiger partial charge is 0.364 e. The number of nitrogens with two attached hydrogens (primary N) is 1. The van der Waals surface area contributed by atoms with Gasteiger partial charge >= 0.3 is 0 Å². The normalized spacial score (nSPS) is 21.0. The minimum absolute atomic E-state index is 0.138. The van der Waals surface area contributed by atoms with Gasteiger partial charge in [0.2, 0.25) is 0 Å². The Morgan fingerprint density at radius 1 is 1.71 bits per heavy atom. The van der Waals surface area contributed by atoms with E-state index in [9.17, 15) is 4.79 Å². The maximum absolute atomic E-state index is 10.9. The molecule has 1 aliphatic rings. The van der Waals surface area contributed by atoms with Gasteiger partial charge in [0.25, 0.3) is 5.91 Å². The molecule has 6 heteroatoms. The highest BCUT2D eigenvalue weighted by Crippen LogP contribution is 2.20. The van der Waals surface area contributed by atoms with Gasteiger partial charge in [0, 0.05) is 17.8 Å². The fraction of sp³-hybridized carbons (Fsp3) is 0.375. The van der Waals surface area contributed by atoms with Crippen LogP contribution in [0.25, 0.3) is 0 Å². The molecule has 2 rings (SSSR count). The number of hydrogen-bond donors (Lipinski definition) is 2. The summed E-state index contributed by atoms with van der Waals surface area (Å²) in [5.74, 6) is 1.96. The molecular formula is C8H10N4OS. The number of nitrogens with one attached hydrogen (secondary N) is 1. The van der Waals surface area contributed by atoms with Crippen LogP contribution in [0.15, 0.2) is 12.3 Å². The van der Waals surface area contributed by atoms with Crippen molar-refractivity contribution in [2.45, 2.75) is 6.04 Å². The van der Waals surface area contributed by atoms with Gasteiger partial charge in [0.15, 0.2) is 0 Å². The Morgan fingerprint density at radius 2 is 2.57 bits per heavy atom. The van der Waals surface area contributed by atoms with Crippen molar-refractivity contribution in [1.29, 1.82) is 0 Å². The van der Waals surface area contributed by atoms with Gasteiger partial charge in [-0.15, -0.1) is 11.8 Å². The summed E-state index contributed by atoms with van der Waals surface area (Å²) in [7, 11) is 0. The first kappa shape index (κ1) is 9.42. The van der Waals surface area contributed by atoms with Gasteiger partial charge < -0.3 is 5.73 Å². The zero-order chi connectivity index (χ0) is 9.97. The summed E-state index contributed by atoms with van der Waals surface area (Å²) in [6, 6.07) is 1.66. The van der Waals surface area contributed by atoms with E-state index < -0.39 is 5.91 Å². The number of hydrogen-bond acceptors (Lipinski definition) is 5. The lowest BCUT2D eigenvalue weighted by molar-refractivity contribution is 0.0995. The van der Waals surface area contributed by atoms with Crippen LogP contribution in [0, 0.1) is 0 Å². The van der Waals surface area contributed by atoms with Crippen LogP contribution in [-0.2, 0) is 0 Å². The summed E-state index contributed by atoms with van der Waals surface area (Å²) < 4.78 is 0. The molecule has 0 radical (unpaired) electrons. The van der Waals surface area contributed by atoms with Crippen LogP contribution in [0.4, 0.5) is 0 Å². The number of amides is 1. The zero-order valence-electron chi connectivity index (χ0n) is 7.43. The fourth-order valence-electron chi connectivity index (χ4n) is 1.24. The standard InChI is InChI=1S/C8H10N4OS/c9-7(13)5-1-2-10-8(12-5)6-3-14-4-11-6/h1-2,6,11H,3-4H2,(H2,9,13). The number of nitrogens with zero attached hydrogens (tertiary/aromatic N) is 2. The molecular weight excluding hydrogens is 200 g/mol. The van der Waals surface area contributed by atoms with Crippen LogP contribution >= 0.6 is 11.8 Å². The first-order chi connectivity index (χ1) is 6.77. The van der Waals surface area contributed by atoms with E-state index in [2.05, 4.69) is 15.3 Å². The molecule has 1 atom stereocenters. The number of thioether (sulfide) groups is 1. The van der Waals surface area contributed by atoms with Crippen molar-refractivity contribution >= 4 is 17.7 Å². The summed E-state index contributed by atoms with van der Waals surface area (Å²) >= 11 is 1.78. The first-order valence-corrected chi connectivity index (χ1v) is 5.37. The molecule has 1 aromatic heterocycles. The molecule has 1 aliphatic heterocycles. The minimum Gasteiger partial charge on any atom is -0.364 e. The second kappa shape index (κ2) is 3.93.